The van der Waals surface area contributed by atoms with Crippen molar-refractivity contribution in [2.45, 2.75) is 49.2 Å². The molecule has 1 aliphatic carbocycles. The fraction of sp³-hybridized carbons (Fsp3) is 0.438. The molecule has 0 saturated heterocycles. The van der Waals surface area contributed by atoms with E-state index in [2.05, 4.69) is 26.9 Å². The van der Waals surface area contributed by atoms with Gasteiger partial charge in [0.1, 0.15) is 0 Å². The van der Waals surface area contributed by atoms with Gasteiger partial charge in [0.05, 0.1) is 5.25 Å². The molecule has 0 bridgehead atoms. The summed E-state index contributed by atoms with van der Waals surface area (Å²) < 4.78 is 0.816. The highest BCUT2D eigenvalue weighted by Crippen LogP contribution is 2.32. The molecule has 1 heterocycles. The van der Waals surface area contributed by atoms with Gasteiger partial charge >= 0.3 is 0 Å². The number of hydrogen-bond acceptors (Lipinski definition) is 6. The molecule has 1 aromatic heterocycles. The Morgan fingerprint density at radius 2 is 2.13 bits per heavy atom. The first kappa shape index (κ1) is 16.3. The minimum absolute atomic E-state index is 0.0196. The van der Waals surface area contributed by atoms with E-state index in [9.17, 15) is 4.79 Å². The summed E-state index contributed by atoms with van der Waals surface area (Å²) in [6.45, 7) is 5.93. The second-order valence-corrected chi connectivity index (χ2v) is 8.42. The van der Waals surface area contributed by atoms with Gasteiger partial charge in [0.2, 0.25) is 11.0 Å². The third kappa shape index (κ3) is 4.45. The fourth-order valence-electron chi connectivity index (χ4n) is 2.11. The van der Waals surface area contributed by atoms with Crippen molar-refractivity contribution < 1.29 is 4.79 Å². The predicted octanol–water partition coefficient (Wildman–Crippen LogP) is 3.85. The molecule has 23 heavy (non-hydrogen) atoms. The average molecular weight is 348 g/mol. The molecule has 1 atom stereocenters. The minimum atomic E-state index is -0.225. The van der Waals surface area contributed by atoms with Crippen LogP contribution in [0.3, 0.4) is 0 Å². The predicted molar refractivity (Wildman–Crippen MR) is 96.4 cm³/mol. The van der Waals surface area contributed by atoms with Crippen molar-refractivity contribution in [2.24, 2.45) is 0 Å². The maximum absolute atomic E-state index is 12.4. The molecule has 5 nitrogen and oxygen atoms in total. The molecule has 1 saturated carbocycles. The molecule has 0 aliphatic heterocycles. The molecule has 0 unspecified atom stereocenters. The van der Waals surface area contributed by atoms with Gasteiger partial charge in [-0.15, -0.1) is 10.2 Å². The Kier molecular flexibility index (Phi) is 4.87. The van der Waals surface area contributed by atoms with Crippen LogP contribution in [0.5, 0.6) is 0 Å². The summed E-state index contributed by atoms with van der Waals surface area (Å²) in [5.41, 5.74) is 3.12. The first-order valence-corrected chi connectivity index (χ1v) is 9.35. The van der Waals surface area contributed by atoms with Crippen molar-refractivity contribution in [1.82, 2.24) is 10.2 Å². The highest BCUT2D eigenvalue weighted by Gasteiger charge is 2.23. The van der Waals surface area contributed by atoms with E-state index in [1.54, 1.807) is 0 Å². The lowest BCUT2D eigenvalue weighted by atomic mass is 10.1. The van der Waals surface area contributed by atoms with E-state index in [4.69, 9.17) is 0 Å². The van der Waals surface area contributed by atoms with Gasteiger partial charge in [-0.1, -0.05) is 40.8 Å². The lowest BCUT2D eigenvalue weighted by molar-refractivity contribution is -0.115. The van der Waals surface area contributed by atoms with Gasteiger partial charge in [-0.25, -0.2) is 0 Å². The Bertz CT molecular complexity index is 712. The molecule has 3 rings (SSSR count). The number of aromatic nitrogens is 2. The highest BCUT2D eigenvalue weighted by atomic mass is 32.2. The molecule has 122 valence electrons. The Labute approximate surface area is 144 Å². The monoisotopic (exact) mass is 348 g/mol. The fourth-order valence-corrected chi connectivity index (χ4v) is 4.08. The number of aryl methyl sites for hydroxylation is 2. The number of nitrogens with one attached hydrogen (secondary N) is 2. The number of nitrogens with zero attached hydrogens (tertiary/aromatic N) is 2. The molecular weight excluding hydrogens is 328 g/mol. The third-order valence-electron chi connectivity index (χ3n) is 3.60. The van der Waals surface area contributed by atoms with Gasteiger partial charge in [-0.2, -0.15) is 0 Å². The van der Waals surface area contributed by atoms with Crippen molar-refractivity contribution in [2.75, 3.05) is 10.6 Å². The first-order chi connectivity index (χ1) is 11.0. The molecule has 1 aromatic carbocycles. The van der Waals surface area contributed by atoms with E-state index >= 15 is 0 Å². The van der Waals surface area contributed by atoms with Gasteiger partial charge in [0, 0.05) is 11.7 Å². The van der Waals surface area contributed by atoms with Crippen LogP contribution in [0, 0.1) is 13.8 Å². The number of hydrogen-bond donors (Lipinski definition) is 2. The zero-order valence-corrected chi connectivity index (χ0v) is 15.1. The van der Waals surface area contributed by atoms with Crippen molar-refractivity contribution in [3.05, 3.63) is 29.3 Å². The summed E-state index contributed by atoms with van der Waals surface area (Å²) in [5, 5.41) is 15.2. The van der Waals surface area contributed by atoms with Gasteiger partial charge in [0.15, 0.2) is 4.34 Å². The molecule has 1 fully saturated rings. The Morgan fingerprint density at radius 3 is 2.83 bits per heavy atom. The topological polar surface area (TPSA) is 66.9 Å². The van der Waals surface area contributed by atoms with Gasteiger partial charge in [-0.05, 0) is 45.2 Å². The summed E-state index contributed by atoms with van der Waals surface area (Å²) in [5.74, 6) is -0.0196. The van der Waals surface area contributed by atoms with Gasteiger partial charge in [0.25, 0.3) is 0 Å². The Balaban J connectivity index is 1.57. The standard InChI is InChI=1S/C16H20N4OS2/c1-9-4-7-13(10(2)8-9)18-14(21)11(3)22-16-20-19-15(23-16)17-12-5-6-12/h4,7-8,11-12H,5-6H2,1-3H3,(H,17,19)(H,18,21)/t11-/m1/s1. The van der Waals surface area contributed by atoms with Crippen LogP contribution >= 0.6 is 23.1 Å². The molecule has 2 N–H and O–H groups in total. The molecule has 7 heteroatoms. The van der Waals surface area contributed by atoms with Crippen molar-refractivity contribution in [1.29, 1.82) is 0 Å². The van der Waals surface area contributed by atoms with E-state index in [0.717, 1.165) is 20.7 Å². The zero-order valence-electron chi connectivity index (χ0n) is 13.4. The first-order valence-electron chi connectivity index (χ1n) is 7.66. The van der Waals surface area contributed by atoms with Crippen molar-refractivity contribution in [3.63, 3.8) is 0 Å². The van der Waals surface area contributed by atoms with E-state index in [1.165, 1.54) is 41.5 Å². The zero-order chi connectivity index (χ0) is 16.4. The summed E-state index contributed by atoms with van der Waals surface area (Å²) in [6.07, 6.45) is 2.41. The van der Waals surface area contributed by atoms with Crippen LogP contribution in [-0.4, -0.2) is 27.4 Å². The lowest BCUT2D eigenvalue weighted by Crippen LogP contribution is -2.22. The second kappa shape index (κ2) is 6.88. The van der Waals surface area contributed by atoms with Crippen LogP contribution in [-0.2, 0) is 4.79 Å². The van der Waals surface area contributed by atoms with Gasteiger partial charge < -0.3 is 10.6 Å². The quantitative estimate of drug-likeness (QED) is 0.776. The number of thioether (sulfide) groups is 1. The van der Waals surface area contributed by atoms with E-state index < -0.39 is 0 Å². The molecular formula is C16H20N4OS2. The molecule has 0 spiro atoms. The number of carbonyl (C=O) groups excluding carboxylic acids is 1. The molecule has 0 radical (unpaired) electrons. The van der Waals surface area contributed by atoms with E-state index in [-0.39, 0.29) is 11.2 Å². The van der Waals surface area contributed by atoms with Crippen LogP contribution in [0.1, 0.15) is 30.9 Å². The SMILES string of the molecule is Cc1ccc(NC(=O)[C@@H](C)Sc2nnc(NC3CC3)s2)c(C)c1. The van der Waals surface area contributed by atoms with Crippen LogP contribution in [0.15, 0.2) is 22.5 Å². The maximum Gasteiger partial charge on any atom is 0.237 e. The number of carbonyl (C=O) groups is 1. The summed E-state index contributed by atoms with van der Waals surface area (Å²) >= 11 is 2.95. The van der Waals surface area contributed by atoms with Crippen LogP contribution in [0.25, 0.3) is 0 Å². The number of rotatable bonds is 6. The van der Waals surface area contributed by atoms with Crippen LogP contribution < -0.4 is 10.6 Å². The molecule has 1 aliphatic rings. The number of anilines is 2. The highest BCUT2D eigenvalue weighted by molar-refractivity contribution is 8.02. The normalized spacial score (nSPS) is 15.3. The van der Waals surface area contributed by atoms with E-state index in [1.807, 2.05) is 32.9 Å². The number of benzene rings is 1. The smallest absolute Gasteiger partial charge is 0.237 e. The van der Waals surface area contributed by atoms with Crippen molar-refractivity contribution >= 4 is 39.8 Å². The van der Waals surface area contributed by atoms with Gasteiger partial charge in [-0.3, -0.25) is 4.79 Å². The molecule has 2 aromatic rings. The largest absolute Gasteiger partial charge is 0.357 e. The van der Waals surface area contributed by atoms with E-state index in [0.29, 0.717) is 6.04 Å². The van der Waals surface area contributed by atoms with Crippen molar-refractivity contribution in [3.8, 4) is 0 Å². The summed E-state index contributed by atoms with van der Waals surface area (Å²) in [7, 11) is 0. The lowest BCUT2D eigenvalue weighted by Gasteiger charge is -2.12. The Hall–Kier alpha value is -1.60. The third-order valence-corrected chi connectivity index (χ3v) is 5.64. The number of amides is 1. The summed E-state index contributed by atoms with van der Waals surface area (Å²) in [6, 6.07) is 6.57. The Morgan fingerprint density at radius 1 is 1.35 bits per heavy atom. The van der Waals surface area contributed by atoms with Crippen LogP contribution in [0.4, 0.5) is 10.8 Å². The molecule has 1 amide bonds. The summed E-state index contributed by atoms with van der Waals surface area (Å²) in [4.78, 5) is 12.4. The maximum atomic E-state index is 12.4. The minimum Gasteiger partial charge on any atom is -0.357 e. The average Bonchev–Trinajstić information content (AvgIpc) is 3.20. The van der Waals surface area contributed by atoms with Crippen LogP contribution in [0.2, 0.25) is 0 Å². The second-order valence-electron chi connectivity index (χ2n) is 5.86.